The molecule has 0 aliphatic heterocycles. The highest BCUT2D eigenvalue weighted by atomic mass is 32.2. The summed E-state index contributed by atoms with van der Waals surface area (Å²) in [6, 6.07) is 8.96. The van der Waals surface area contributed by atoms with Crippen molar-refractivity contribution in [3.05, 3.63) is 58.6 Å². The zero-order valence-corrected chi connectivity index (χ0v) is 15.8. The summed E-state index contributed by atoms with van der Waals surface area (Å²) >= 11 is 5.85. The summed E-state index contributed by atoms with van der Waals surface area (Å²) in [6.45, 7) is 6.92. The maximum absolute atomic E-state index is 2.36. The van der Waals surface area contributed by atoms with E-state index in [9.17, 15) is 0 Å². The van der Waals surface area contributed by atoms with Crippen molar-refractivity contribution in [1.82, 2.24) is 0 Å². The third kappa shape index (κ3) is 3.71. The van der Waals surface area contributed by atoms with E-state index in [0.29, 0.717) is 5.25 Å². The Morgan fingerprint density at radius 1 is 1.05 bits per heavy atom. The van der Waals surface area contributed by atoms with Gasteiger partial charge in [-0.15, -0.1) is 34.4 Å². The Morgan fingerprint density at radius 3 is 2.14 bits per heavy atom. The predicted octanol–water partition coefficient (Wildman–Crippen LogP) is 5.60. The van der Waals surface area contributed by atoms with Crippen LogP contribution in [0, 0.1) is 0 Å². The minimum atomic E-state index is -0.355. The summed E-state index contributed by atoms with van der Waals surface area (Å²) in [5, 5.41) is 6.51. The molecular formula is C17H19PS3. The van der Waals surface area contributed by atoms with Gasteiger partial charge in [-0.3, -0.25) is 0 Å². The molecule has 0 saturated heterocycles. The van der Waals surface area contributed by atoms with E-state index in [2.05, 4.69) is 85.8 Å². The summed E-state index contributed by atoms with van der Waals surface area (Å²) in [4.78, 5) is 0. The molecule has 1 unspecified atom stereocenters. The Bertz CT molecular complexity index is 596. The number of thioether (sulfide) groups is 1. The number of allylic oxidation sites excluding steroid dienone is 2. The molecule has 1 aliphatic rings. The number of hydrogen-bond donors (Lipinski definition) is 0. The molecule has 21 heavy (non-hydrogen) atoms. The van der Waals surface area contributed by atoms with E-state index < -0.39 is 0 Å². The monoisotopic (exact) mass is 350 g/mol. The molecule has 4 heteroatoms. The summed E-state index contributed by atoms with van der Waals surface area (Å²) in [5.41, 5.74) is 0. The molecule has 3 rings (SSSR count). The quantitative estimate of drug-likeness (QED) is 0.647. The lowest BCUT2D eigenvalue weighted by molar-refractivity contribution is 0.801. The Balaban J connectivity index is 1.94. The fourth-order valence-electron chi connectivity index (χ4n) is 2.29. The third-order valence-corrected chi connectivity index (χ3v) is 9.78. The Morgan fingerprint density at radius 2 is 1.67 bits per heavy atom. The van der Waals surface area contributed by atoms with Crippen molar-refractivity contribution in [2.45, 2.75) is 30.8 Å². The van der Waals surface area contributed by atoms with Crippen LogP contribution < -0.4 is 9.24 Å². The first-order valence-electron chi connectivity index (χ1n) is 6.98. The van der Waals surface area contributed by atoms with Crippen LogP contribution in [0.15, 0.2) is 58.6 Å². The predicted molar refractivity (Wildman–Crippen MR) is 103 cm³/mol. The first-order chi connectivity index (χ1) is 10.0. The van der Waals surface area contributed by atoms with Crippen molar-refractivity contribution in [2.75, 3.05) is 0 Å². The van der Waals surface area contributed by atoms with Crippen LogP contribution in [-0.4, -0.2) is 10.00 Å². The van der Waals surface area contributed by atoms with Crippen molar-refractivity contribution in [3.63, 3.8) is 0 Å². The maximum Gasteiger partial charge on any atom is 0.0496 e. The van der Waals surface area contributed by atoms with Crippen LogP contribution in [0.2, 0.25) is 0 Å². The summed E-state index contributed by atoms with van der Waals surface area (Å²) in [5.74, 6) is 0. The topological polar surface area (TPSA) is 0 Å². The molecule has 0 saturated carbocycles. The first-order valence-corrected chi connectivity index (χ1v) is 11.0. The summed E-state index contributed by atoms with van der Waals surface area (Å²) < 4.78 is 3.31. The zero-order chi connectivity index (χ0) is 14.9. The Hall–Kier alpha value is -0.340. The standard InChI is InChI=1S/C17H19PS3/c1-17(2,3)21-14-8-4-7-13(14)18(15-9-5-11-19-15)16-10-6-12-20-16/h4-12,14H,1-3H3. The van der Waals surface area contributed by atoms with Gasteiger partial charge in [-0.25, -0.2) is 0 Å². The third-order valence-electron chi connectivity index (χ3n) is 3.04. The Kier molecular flexibility index (Phi) is 4.75. The SMILES string of the molecule is CC(C)(C)SC1C=CC=C1P(c1cccs1)c1cccs1. The van der Waals surface area contributed by atoms with E-state index in [0.717, 1.165) is 0 Å². The molecule has 0 aromatic carbocycles. The van der Waals surface area contributed by atoms with Crippen molar-refractivity contribution in [2.24, 2.45) is 0 Å². The molecule has 1 atom stereocenters. The average Bonchev–Trinajstić information content (AvgIpc) is 3.12. The average molecular weight is 351 g/mol. The Labute approximate surface area is 140 Å². The van der Waals surface area contributed by atoms with Crippen LogP contribution in [0.3, 0.4) is 0 Å². The molecule has 0 spiro atoms. The second kappa shape index (κ2) is 6.42. The molecule has 0 nitrogen and oxygen atoms in total. The second-order valence-electron chi connectivity index (χ2n) is 5.87. The van der Waals surface area contributed by atoms with Crippen molar-refractivity contribution < 1.29 is 0 Å². The van der Waals surface area contributed by atoms with Crippen molar-refractivity contribution in [1.29, 1.82) is 0 Å². The molecule has 2 aromatic heterocycles. The molecule has 2 heterocycles. The molecule has 0 fully saturated rings. The van der Waals surface area contributed by atoms with Gasteiger partial charge in [0.2, 0.25) is 0 Å². The van der Waals surface area contributed by atoms with Crippen LogP contribution in [0.4, 0.5) is 0 Å². The summed E-state index contributed by atoms with van der Waals surface area (Å²) in [6.07, 6.45) is 6.96. The van der Waals surface area contributed by atoms with Gasteiger partial charge in [0.1, 0.15) is 0 Å². The molecule has 110 valence electrons. The van der Waals surface area contributed by atoms with E-state index in [-0.39, 0.29) is 12.7 Å². The van der Waals surface area contributed by atoms with Crippen LogP contribution in [0.5, 0.6) is 0 Å². The molecule has 1 aliphatic carbocycles. The van der Waals surface area contributed by atoms with Crippen LogP contribution in [0.1, 0.15) is 20.8 Å². The smallest absolute Gasteiger partial charge is 0.0496 e. The van der Waals surface area contributed by atoms with Gasteiger partial charge < -0.3 is 0 Å². The van der Waals surface area contributed by atoms with Gasteiger partial charge in [0, 0.05) is 27.2 Å². The first kappa shape index (κ1) is 15.6. The van der Waals surface area contributed by atoms with Gasteiger partial charge in [-0.05, 0) is 28.2 Å². The van der Waals surface area contributed by atoms with E-state index in [1.807, 2.05) is 22.7 Å². The van der Waals surface area contributed by atoms with E-state index in [1.165, 1.54) is 9.24 Å². The van der Waals surface area contributed by atoms with Gasteiger partial charge in [0.15, 0.2) is 0 Å². The number of rotatable bonds is 4. The van der Waals surface area contributed by atoms with E-state index >= 15 is 0 Å². The van der Waals surface area contributed by atoms with Crippen LogP contribution in [-0.2, 0) is 0 Å². The molecular weight excluding hydrogens is 331 g/mol. The lowest BCUT2D eigenvalue weighted by Gasteiger charge is -2.27. The van der Waals surface area contributed by atoms with Gasteiger partial charge in [-0.2, -0.15) is 0 Å². The highest BCUT2D eigenvalue weighted by Crippen LogP contribution is 2.53. The van der Waals surface area contributed by atoms with Gasteiger partial charge >= 0.3 is 0 Å². The van der Waals surface area contributed by atoms with Gasteiger partial charge in [0.05, 0.1) is 0 Å². The molecule has 0 N–H and O–H groups in total. The van der Waals surface area contributed by atoms with Gasteiger partial charge in [0.25, 0.3) is 0 Å². The minimum Gasteiger partial charge on any atom is -0.144 e. The maximum atomic E-state index is 2.36. The molecule has 0 bridgehead atoms. The van der Waals surface area contributed by atoms with Crippen LogP contribution >= 0.6 is 42.4 Å². The summed E-state index contributed by atoms with van der Waals surface area (Å²) in [7, 11) is -0.355. The van der Waals surface area contributed by atoms with Crippen LogP contribution in [0.25, 0.3) is 0 Å². The van der Waals surface area contributed by atoms with Gasteiger partial charge in [-0.1, -0.05) is 51.1 Å². The minimum absolute atomic E-state index is 0.282. The fraction of sp³-hybridized carbons (Fsp3) is 0.294. The highest BCUT2D eigenvalue weighted by Gasteiger charge is 2.30. The normalized spacial score (nSPS) is 18.5. The van der Waals surface area contributed by atoms with E-state index in [4.69, 9.17) is 0 Å². The molecule has 2 aromatic rings. The fourth-order valence-corrected chi connectivity index (χ4v) is 9.18. The molecule has 0 amide bonds. The number of thiophene rings is 2. The van der Waals surface area contributed by atoms with E-state index in [1.54, 1.807) is 5.31 Å². The van der Waals surface area contributed by atoms with Crippen molar-refractivity contribution >= 4 is 51.6 Å². The van der Waals surface area contributed by atoms with Crippen molar-refractivity contribution in [3.8, 4) is 0 Å². The number of hydrogen-bond acceptors (Lipinski definition) is 3. The lowest BCUT2D eigenvalue weighted by atomic mass is 10.3. The second-order valence-corrected chi connectivity index (χ2v) is 12.5. The largest absolute Gasteiger partial charge is 0.144 e. The molecule has 0 radical (unpaired) electrons. The highest BCUT2D eigenvalue weighted by molar-refractivity contribution is 8.02. The lowest BCUT2D eigenvalue weighted by Crippen LogP contribution is -2.18. The zero-order valence-electron chi connectivity index (χ0n) is 12.4.